The molecule has 1 atom stereocenters. The van der Waals surface area contributed by atoms with E-state index in [1.165, 1.54) is 12.8 Å². The minimum Gasteiger partial charge on any atom is -0.398 e. The van der Waals surface area contributed by atoms with Crippen molar-refractivity contribution in [3.8, 4) is 0 Å². The molecule has 1 aliphatic heterocycles. The molecule has 2 rings (SSSR count). The van der Waals surface area contributed by atoms with Crippen LogP contribution in [0.4, 0.5) is 5.69 Å². The highest BCUT2D eigenvalue weighted by molar-refractivity contribution is 7.88. The van der Waals surface area contributed by atoms with E-state index < -0.39 is 10.0 Å². The summed E-state index contributed by atoms with van der Waals surface area (Å²) in [5.74, 6) is -0.0594. The van der Waals surface area contributed by atoms with Crippen LogP contribution in [-0.2, 0) is 15.8 Å². The molecule has 1 saturated heterocycles. The van der Waals surface area contributed by atoms with Crippen LogP contribution in [0.3, 0.4) is 0 Å². The van der Waals surface area contributed by atoms with E-state index in [9.17, 15) is 8.42 Å². The van der Waals surface area contributed by atoms with Gasteiger partial charge in [0.2, 0.25) is 10.0 Å². The maximum atomic E-state index is 12.1. The van der Waals surface area contributed by atoms with E-state index in [0.29, 0.717) is 23.8 Å². The standard InChI is InChI=1S/C14H23N3O2S/c1-17-9-5-4-7-13(17)10-16-20(18,19)11-12-6-2-3-8-14(12)15/h2-3,6,8,13,16H,4-5,7,9-11,15H2,1H3. The molecule has 3 N–H and O–H groups in total. The maximum Gasteiger partial charge on any atom is 0.215 e. The summed E-state index contributed by atoms with van der Waals surface area (Å²) in [4.78, 5) is 2.23. The SMILES string of the molecule is CN1CCCCC1CNS(=O)(=O)Cc1ccccc1N. The summed E-state index contributed by atoms with van der Waals surface area (Å²) >= 11 is 0. The van der Waals surface area contributed by atoms with E-state index in [4.69, 9.17) is 5.73 Å². The van der Waals surface area contributed by atoms with Gasteiger partial charge in [-0.05, 0) is 38.1 Å². The highest BCUT2D eigenvalue weighted by Gasteiger charge is 2.21. The van der Waals surface area contributed by atoms with Crippen LogP contribution in [0.15, 0.2) is 24.3 Å². The second-order valence-corrected chi connectivity index (χ2v) is 7.24. The number of anilines is 1. The molecular formula is C14H23N3O2S. The fraction of sp³-hybridized carbons (Fsp3) is 0.571. The summed E-state index contributed by atoms with van der Waals surface area (Å²) in [7, 11) is -1.29. The lowest BCUT2D eigenvalue weighted by molar-refractivity contribution is 0.187. The molecule has 0 aliphatic carbocycles. The average Bonchev–Trinajstić information content (AvgIpc) is 2.40. The Morgan fingerprint density at radius 3 is 2.80 bits per heavy atom. The van der Waals surface area contributed by atoms with Crippen LogP contribution >= 0.6 is 0 Å². The number of benzene rings is 1. The summed E-state index contributed by atoms with van der Waals surface area (Å²) in [5.41, 5.74) is 6.96. The second-order valence-electron chi connectivity index (χ2n) is 5.44. The zero-order valence-electron chi connectivity index (χ0n) is 11.9. The molecule has 0 bridgehead atoms. The number of sulfonamides is 1. The minimum absolute atomic E-state index is 0.0594. The first kappa shape index (κ1) is 15.3. The fourth-order valence-corrected chi connectivity index (χ4v) is 3.77. The molecule has 0 spiro atoms. The van der Waals surface area contributed by atoms with Gasteiger partial charge in [0.05, 0.1) is 5.75 Å². The Kier molecular flexibility index (Phi) is 5.01. The van der Waals surface area contributed by atoms with Crippen molar-refractivity contribution in [2.75, 3.05) is 25.9 Å². The summed E-state index contributed by atoms with van der Waals surface area (Å²) in [6, 6.07) is 7.37. The normalized spacial score (nSPS) is 20.9. The Morgan fingerprint density at radius 2 is 2.10 bits per heavy atom. The van der Waals surface area contributed by atoms with E-state index in [0.717, 1.165) is 13.0 Å². The van der Waals surface area contributed by atoms with E-state index in [2.05, 4.69) is 9.62 Å². The van der Waals surface area contributed by atoms with Gasteiger partial charge in [0.25, 0.3) is 0 Å². The third kappa shape index (κ3) is 4.19. The molecule has 1 heterocycles. The predicted molar refractivity (Wildman–Crippen MR) is 81.7 cm³/mol. The molecule has 1 aromatic rings. The number of rotatable bonds is 5. The lowest BCUT2D eigenvalue weighted by Gasteiger charge is -2.32. The molecule has 1 aliphatic rings. The van der Waals surface area contributed by atoms with Gasteiger partial charge in [-0.1, -0.05) is 24.6 Å². The third-order valence-electron chi connectivity index (χ3n) is 3.86. The van der Waals surface area contributed by atoms with E-state index in [1.807, 2.05) is 7.05 Å². The second kappa shape index (κ2) is 6.56. The van der Waals surface area contributed by atoms with Crippen LogP contribution in [-0.4, -0.2) is 39.5 Å². The number of nitrogens with zero attached hydrogens (tertiary/aromatic N) is 1. The lowest BCUT2D eigenvalue weighted by Crippen LogP contribution is -2.44. The molecule has 0 saturated carbocycles. The summed E-state index contributed by atoms with van der Waals surface area (Å²) < 4.78 is 26.9. The smallest absolute Gasteiger partial charge is 0.215 e. The number of piperidine rings is 1. The van der Waals surface area contributed by atoms with Crippen molar-refractivity contribution in [1.82, 2.24) is 9.62 Å². The van der Waals surface area contributed by atoms with Gasteiger partial charge in [-0.3, -0.25) is 0 Å². The average molecular weight is 297 g/mol. The first-order chi connectivity index (χ1) is 9.48. The Labute approximate surface area is 121 Å². The highest BCUT2D eigenvalue weighted by Crippen LogP contribution is 2.16. The molecule has 6 heteroatoms. The molecule has 112 valence electrons. The van der Waals surface area contributed by atoms with Crippen molar-refractivity contribution in [2.24, 2.45) is 0 Å². The Balaban J connectivity index is 1.92. The van der Waals surface area contributed by atoms with Crippen molar-refractivity contribution in [1.29, 1.82) is 0 Å². The van der Waals surface area contributed by atoms with Crippen LogP contribution in [0, 0.1) is 0 Å². The van der Waals surface area contributed by atoms with Crippen LogP contribution in [0.1, 0.15) is 24.8 Å². The summed E-state index contributed by atoms with van der Waals surface area (Å²) in [6.45, 7) is 1.52. The number of para-hydroxylation sites is 1. The molecule has 1 unspecified atom stereocenters. The van der Waals surface area contributed by atoms with Crippen molar-refractivity contribution in [2.45, 2.75) is 31.1 Å². The number of nitrogens with one attached hydrogen (secondary N) is 1. The molecule has 1 fully saturated rings. The molecular weight excluding hydrogens is 274 g/mol. The van der Waals surface area contributed by atoms with Gasteiger partial charge in [0.1, 0.15) is 0 Å². The van der Waals surface area contributed by atoms with Crippen molar-refractivity contribution in [3.05, 3.63) is 29.8 Å². The van der Waals surface area contributed by atoms with Gasteiger partial charge >= 0.3 is 0 Å². The number of likely N-dealkylation sites (N-methyl/N-ethyl adjacent to an activating group) is 1. The summed E-state index contributed by atoms with van der Waals surface area (Å²) in [6.07, 6.45) is 3.41. The van der Waals surface area contributed by atoms with Gasteiger partial charge in [-0.25, -0.2) is 13.1 Å². The third-order valence-corrected chi connectivity index (χ3v) is 5.16. The van der Waals surface area contributed by atoms with Crippen LogP contribution in [0.25, 0.3) is 0 Å². The van der Waals surface area contributed by atoms with Crippen LogP contribution < -0.4 is 10.5 Å². The van der Waals surface area contributed by atoms with Gasteiger partial charge in [0.15, 0.2) is 0 Å². The number of nitrogen functional groups attached to an aromatic ring is 1. The van der Waals surface area contributed by atoms with Gasteiger partial charge < -0.3 is 10.6 Å². The predicted octanol–water partition coefficient (Wildman–Crippen LogP) is 1.17. The molecule has 1 aromatic carbocycles. The molecule has 0 radical (unpaired) electrons. The van der Waals surface area contributed by atoms with E-state index >= 15 is 0 Å². The van der Waals surface area contributed by atoms with Gasteiger partial charge in [-0.15, -0.1) is 0 Å². The molecule has 0 amide bonds. The van der Waals surface area contributed by atoms with Crippen LogP contribution in [0.5, 0.6) is 0 Å². The van der Waals surface area contributed by atoms with Crippen LogP contribution in [0.2, 0.25) is 0 Å². The van der Waals surface area contributed by atoms with Crippen molar-refractivity contribution >= 4 is 15.7 Å². The zero-order chi connectivity index (χ0) is 14.6. The fourth-order valence-electron chi connectivity index (χ4n) is 2.55. The summed E-state index contributed by atoms with van der Waals surface area (Å²) in [5, 5.41) is 0. The lowest BCUT2D eigenvalue weighted by atomic mass is 10.0. The number of hydrogen-bond acceptors (Lipinski definition) is 4. The molecule has 0 aromatic heterocycles. The minimum atomic E-state index is -3.34. The quantitative estimate of drug-likeness (QED) is 0.800. The maximum absolute atomic E-state index is 12.1. The number of hydrogen-bond donors (Lipinski definition) is 2. The largest absolute Gasteiger partial charge is 0.398 e. The Morgan fingerprint density at radius 1 is 1.35 bits per heavy atom. The van der Waals surface area contributed by atoms with Crippen molar-refractivity contribution in [3.63, 3.8) is 0 Å². The topological polar surface area (TPSA) is 75.4 Å². The zero-order valence-corrected chi connectivity index (χ0v) is 12.7. The monoisotopic (exact) mass is 297 g/mol. The molecule has 20 heavy (non-hydrogen) atoms. The van der Waals surface area contributed by atoms with E-state index in [1.54, 1.807) is 24.3 Å². The number of nitrogens with two attached hydrogens (primary N) is 1. The molecule has 5 nitrogen and oxygen atoms in total. The number of likely N-dealkylation sites (tertiary alicyclic amines) is 1. The first-order valence-electron chi connectivity index (χ1n) is 6.99. The van der Waals surface area contributed by atoms with Crippen molar-refractivity contribution < 1.29 is 8.42 Å². The Bertz CT molecular complexity index is 545. The van der Waals surface area contributed by atoms with Gasteiger partial charge in [-0.2, -0.15) is 0 Å². The first-order valence-corrected chi connectivity index (χ1v) is 8.64. The highest BCUT2D eigenvalue weighted by atomic mass is 32.2. The van der Waals surface area contributed by atoms with E-state index in [-0.39, 0.29) is 5.75 Å². The Hall–Kier alpha value is -1.11. The van der Waals surface area contributed by atoms with Gasteiger partial charge in [0, 0.05) is 18.3 Å².